The second kappa shape index (κ2) is 8.66. The largest absolute Gasteiger partial charge is 0.489 e. The number of nitrogens with two attached hydrogens (primary N) is 2. The van der Waals surface area contributed by atoms with Crippen molar-refractivity contribution in [3.63, 3.8) is 0 Å². The van der Waals surface area contributed by atoms with Crippen LogP contribution in [0.1, 0.15) is 43.4 Å². The van der Waals surface area contributed by atoms with Crippen molar-refractivity contribution in [3.05, 3.63) is 53.3 Å². The van der Waals surface area contributed by atoms with Crippen LogP contribution in [0.5, 0.6) is 11.5 Å². The van der Waals surface area contributed by atoms with Crippen molar-refractivity contribution in [2.24, 2.45) is 11.5 Å². The number of amides is 1. The number of anilines is 1. The molecule has 170 valence electrons. The van der Waals surface area contributed by atoms with Crippen LogP contribution >= 0.6 is 0 Å². The average molecular weight is 443 g/mol. The van der Waals surface area contributed by atoms with E-state index in [0.29, 0.717) is 29.2 Å². The Labute approximate surface area is 185 Å². The van der Waals surface area contributed by atoms with Crippen LogP contribution in [0.15, 0.2) is 36.4 Å². The summed E-state index contributed by atoms with van der Waals surface area (Å²) in [5, 5.41) is 0. The number of fused-ring (bicyclic) bond motifs is 1. The number of nitrogens with zero attached hydrogens (tertiary/aromatic N) is 1. The van der Waals surface area contributed by atoms with Gasteiger partial charge in [-0.25, -0.2) is 9.18 Å². The number of ether oxygens (including phenoxy) is 3. The molecule has 3 unspecified atom stereocenters. The smallest absolute Gasteiger partial charge is 0.412 e. The number of carbonyl (C=O) groups excluding carboxylic acids is 2. The van der Waals surface area contributed by atoms with Gasteiger partial charge in [0.2, 0.25) is 0 Å². The molecule has 4 rings (SSSR count). The molecule has 1 fully saturated rings. The van der Waals surface area contributed by atoms with Crippen molar-refractivity contribution < 1.29 is 28.2 Å². The van der Waals surface area contributed by atoms with Gasteiger partial charge in [0.05, 0.1) is 11.8 Å². The monoisotopic (exact) mass is 443 g/mol. The molecule has 4 N–H and O–H groups in total. The summed E-state index contributed by atoms with van der Waals surface area (Å²) >= 11 is 0. The number of benzene rings is 2. The Morgan fingerprint density at radius 2 is 1.94 bits per heavy atom. The second-order valence-electron chi connectivity index (χ2n) is 8.33. The Morgan fingerprint density at radius 3 is 2.53 bits per heavy atom. The molecule has 2 aliphatic heterocycles. The van der Waals surface area contributed by atoms with Gasteiger partial charge in [-0.1, -0.05) is 12.1 Å². The summed E-state index contributed by atoms with van der Waals surface area (Å²) in [6.45, 7) is 5.25. The molecule has 1 saturated heterocycles. The topological polar surface area (TPSA) is 117 Å². The summed E-state index contributed by atoms with van der Waals surface area (Å²) in [5.41, 5.74) is 13.1. The van der Waals surface area contributed by atoms with Crippen molar-refractivity contribution in [2.75, 3.05) is 18.0 Å². The van der Waals surface area contributed by atoms with Gasteiger partial charge in [0.15, 0.2) is 0 Å². The summed E-state index contributed by atoms with van der Waals surface area (Å²) in [6, 6.07) is 9.24. The third-order valence-electron chi connectivity index (χ3n) is 5.56. The van der Waals surface area contributed by atoms with E-state index in [2.05, 4.69) is 4.90 Å². The van der Waals surface area contributed by atoms with E-state index in [1.807, 2.05) is 19.9 Å². The van der Waals surface area contributed by atoms with Crippen molar-refractivity contribution in [1.82, 2.24) is 0 Å². The van der Waals surface area contributed by atoms with E-state index in [-0.39, 0.29) is 12.1 Å². The molecular weight excluding hydrogens is 417 g/mol. The molecule has 0 aromatic heterocycles. The van der Waals surface area contributed by atoms with E-state index < -0.39 is 29.9 Å². The van der Waals surface area contributed by atoms with Gasteiger partial charge in [0.1, 0.15) is 29.3 Å². The molecule has 2 heterocycles. The average Bonchev–Trinajstić information content (AvgIpc) is 3.30. The van der Waals surface area contributed by atoms with Crippen molar-refractivity contribution >= 4 is 17.7 Å². The summed E-state index contributed by atoms with van der Waals surface area (Å²) in [4.78, 5) is 26.2. The lowest BCUT2D eigenvalue weighted by Gasteiger charge is -2.24. The maximum atomic E-state index is 13.5. The highest BCUT2D eigenvalue weighted by Crippen LogP contribution is 2.51. The zero-order valence-corrected chi connectivity index (χ0v) is 17.9. The first-order valence-corrected chi connectivity index (χ1v) is 10.5. The molecule has 8 nitrogen and oxygen atoms in total. The number of halogens is 1. The number of esters is 1. The van der Waals surface area contributed by atoms with Crippen LogP contribution in [0.2, 0.25) is 0 Å². The third-order valence-corrected chi connectivity index (χ3v) is 5.56. The van der Waals surface area contributed by atoms with Crippen LogP contribution < -0.4 is 25.8 Å². The molecule has 32 heavy (non-hydrogen) atoms. The van der Waals surface area contributed by atoms with Gasteiger partial charge in [-0.2, -0.15) is 0 Å². The highest BCUT2D eigenvalue weighted by atomic mass is 19.1. The lowest BCUT2D eigenvalue weighted by atomic mass is 9.90. The van der Waals surface area contributed by atoms with Gasteiger partial charge in [0, 0.05) is 30.8 Å². The Morgan fingerprint density at radius 1 is 1.22 bits per heavy atom. The van der Waals surface area contributed by atoms with Crippen LogP contribution in [0.3, 0.4) is 0 Å². The lowest BCUT2D eigenvalue weighted by Crippen LogP contribution is -2.27. The number of rotatable bonds is 5. The number of hydrogen-bond donors (Lipinski definition) is 2. The molecular formula is C23H26FN3O5. The SMILES string of the molecule is CC(C)Oc1cc2c(cc1N1CCC(N)C1)OC(c1ccc(F)cc1)C2C(=O)OC(N)=O. The fourth-order valence-electron chi connectivity index (χ4n) is 4.21. The predicted molar refractivity (Wildman–Crippen MR) is 115 cm³/mol. The Hall–Kier alpha value is -3.33. The van der Waals surface area contributed by atoms with E-state index in [4.69, 9.17) is 25.7 Å². The number of carbonyl (C=O) groups is 2. The molecule has 0 bridgehead atoms. The van der Waals surface area contributed by atoms with Crippen molar-refractivity contribution in [1.29, 1.82) is 0 Å². The van der Waals surface area contributed by atoms with E-state index >= 15 is 0 Å². The third kappa shape index (κ3) is 4.34. The summed E-state index contributed by atoms with van der Waals surface area (Å²) in [6.07, 6.45) is -1.29. The molecule has 1 amide bonds. The molecule has 0 spiro atoms. The minimum atomic E-state index is -1.21. The molecule has 0 radical (unpaired) electrons. The number of hydrogen-bond acceptors (Lipinski definition) is 7. The van der Waals surface area contributed by atoms with Gasteiger partial charge in [-0.3, -0.25) is 4.79 Å². The molecule has 0 saturated carbocycles. The zero-order valence-electron chi connectivity index (χ0n) is 17.9. The number of primary amides is 1. The summed E-state index contributed by atoms with van der Waals surface area (Å²) < 4.78 is 30.4. The molecule has 9 heteroatoms. The van der Waals surface area contributed by atoms with E-state index in [9.17, 15) is 14.0 Å². The highest BCUT2D eigenvalue weighted by molar-refractivity contribution is 5.90. The Balaban J connectivity index is 1.79. The first-order valence-electron chi connectivity index (χ1n) is 10.5. The normalized spacial score (nSPS) is 21.9. The Kier molecular flexibility index (Phi) is 5.92. The highest BCUT2D eigenvalue weighted by Gasteiger charge is 2.43. The van der Waals surface area contributed by atoms with Crippen molar-refractivity contribution in [3.8, 4) is 11.5 Å². The minimum absolute atomic E-state index is 0.0568. The van der Waals surface area contributed by atoms with Gasteiger partial charge >= 0.3 is 12.1 Å². The summed E-state index contributed by atoms with van der Waals surface area (Å²) in [5.74, 6) is -1.21. The Bertz CT molecular complexity index is 1030. The van der Waals surface area contributed by atoms with Crippen LogP contribution in [-0.4, -0.2) is 37.3 Å². The lowest BCUT2D eigenvalue weighted by molar-refractivity contribution is -0.140. The molecule has 3 atom stereocenters. The fraction of sp³-hybridized carbons (Fsp3) is 0.391. The van der Waals surface area contributed by atoms with E-state index in [1.54, 1.807) is 6.07 Å². The van der Waals surface area contributed by atoms with Gasteiger partial charge in [-0.05, 0) is 44.0 Å². The quantitative estimate of drug-likeness (QED) is 0.539. The maximum absolute atomic E-state index is 13.5. The molecule has 2 aromatic rings. The fourth-order valence-corrected chi connectivity index (χ4v) is 4.21. The van der Waals surface area contributed by atoms with Gasteiger partial charge < -0.3 is 30.6 Å². The first-order chi connectivity index (χ1) is 15.2. The molecule has 2 aliphatic rings. The van der Waals surface area contributed by atoms with Crippen LogP contribution in [-0.2, 0) is 9.53 Å². The maximum Gasteiger partial charge on any atom is 0.412 e. The van der Waals surface area contributed by atoms with Crippen LogP contribution in [0.4, 0.5) is 14.9 Å². The molecule has 0 aliphatic carbocycles. The first kappa shape index (κ1) is 21.9. The predicted octanol–water partition coefficient (Wildman–Crippen LogP) is 2.99. The summed E-state index contributed by atoms with van der Waals surface area (Å²) in [7, 11) is 0. The second-order valence-corrected chi connectivity index (χ2v) is 8.33. The van der Waals surface area contributed by atoms with Crippen LogP contribution in [0.25, 0.3) is 0 Å². The van der Waals surface area contributed by atoms with Gasteiger partial charge in [-0.15, -0.1) is 0 Å². The van der Waals surface area contributed by atoms with E-state index in [0.717, 1.165) is 18.7 Å². The van der Waals surface area contributed by atoms with Gasteiger partial charge in [0.25, 0.3) is 0 Å². The standard InChI is InChI=1S/C23H26FN3O5/c1-12(2)30-19-9-16-18(10-17(19)27-8-7-15(25)11-27)31-21(13-3-5-14(24)6-4-13)20(16)22(28)32-23(26)29/h3-6,9-10,12,15,20-21H,7-8,11,25H2,1-2H3,(H2,26,29). The minimum Gasteiger partial charge on any atom is -0.489 e. The van der Waals surface area contributed by atoms with Crippen molar-refractivity contribution in [2.45, 2.75) is 44.4 Å². The zero-order chi connectivity index (χ0) is 23.0. The van der Waals surface area contributed by atoms with Crippen LogP contribution in [0, 0.1) is 5.82 Å². The molecule has 2 aromatic carbocycles. The van der Waals surface area contributed by atoms with E-state index in [1.165, 1.54) is 24.3 Å².